The maximum absolute atomic E-state index is 11.8. The summed E-state index contributed by atoms with van der Waals surface area (Å²) in [7, 11) is 1.92. The number of piperidine rings is 1. The minimum Gasteiger partial charge on any atom is -0.458 e. The largest absolute Gasteiger partial charge is 0.458 e. The van der Waals surface area contributed by atoms with E-state index in [0.29, 0.717) is 12.8 Å². The fourth-order valence-electron chi connectivity index (χ4n) is 2.99. The van der Waals surface area contributed by atoms with Gasteiger partial charge in [-0.05, 0) is 26.3 Å². The maximum Gasteiger partial charge on any atom is 0.309 e. The molecule has 2 fully saturated rings. The third-order valence-corrected chi connectivity index (χ3v) is 4.45. The van der Waals surface area contributed by atoms with Crippen LogP contribution in [0.5, 0.6) is 0 Å². The smallest absolute Gasteiger partial charge is 0.309 e. The molecule has 2 aliphatic rings. The number of rotatable bonds is 3. The van der Waals surface area contributed by atoms with Crippen LogP contribution in [0, 0.1) is 5.92 Å². The van der Waals surface area contributed by atoms with Gasteiger partial charge in [-0.2, -0.15) is 0 Å². The Morgan fingerprint density at radius 1 is 1.39 bits per heavy atom. The molecule has 104 valence electrons. The Balaban J connectivity index is 2.07. The van der Waals surface area contributed by atoms with Gasteiger partial charge in [-0.3, -0.25) is 9.69 Å². The van der Waals surface area contributed by atoms with Crippen LogP contribution in [0.1, 0.15) is 33.1 Å². The lowest BCUT2D eigenvalue weighted by molar-refractivity contribution is -0.159. The van der Waals surface area contributed by atoms with E-state index in [-0.39, 0.29) is 24.0 Å². The van der Waals surface area contributed by atoms with Crippen LogP contribution in [0.25, 0.3) is 0 Å². The van der Waals surface area contributed by atoms with Crippen LogP contribution in [0.15, 0.2) is 0 Å². The zero-order valence-corrected chi connectivity index (χ0v) is 11.2. The summed E-state index contributed by atoms with van der Waals surface area (Å²) < 4.78 is 5.47. The molecule has 2 aliphatic heterocycles. The number of nitrogens with zero attached hydrogens (tertiary/aromatic N) is 1. The highest BCUT2D eigenvalue weighted by atomic mass is 16.6. The zero-order valence-electron chi connectivity index (χ0n) is 11.2. The van der Waals surface area contributed by atoms with E-state index in [1.807, 2.05) is 25.8 Å². The molecule has 0 radical (unpaired) electrons. The Morgan fingerprint density at radius 3 is 2.61 bits per heavy atom. The van der Waals surface area contributed by atoms with Gasteiger partial charge in [0.2, 0.25) is 0 Å². The predicted octanol–water partition coefficient (Wildman–Crippen LogP) is 0.142. The molecule has 5 heteroatoms. The van der Waals surface area contributed by atoms with Crippen molar-refractivity contribution in [2.24, 2.45) is 5.92 Å². The molecule has 0 spiro atoms. The van der Waals surface area contributed by atoms with Crippen molar-refractivity contribution < 1.29 is 19.7 Å². The topological polar surface area (TPSA) is 70.0 Å². The molecular weight excluding hydrogens is 234 g/mol. The van der Waals surface area contributed by atoms with Crippen LogP contribution in [-0.2, 0) is 9.53 Å². The molecule has 0 amide bonds. The molecule has 0 aliphatic carbocycles. The molecule has 6 atom stereocenters. The van der Waals surface area contributed by atoms with E-state index in [1.54, 1.807) is 0 Å². The average Bonchev–Trinajstić information content (AvgIpc) is 2.49. The third-order valence-electron chi connectivity index (χ3n) is 4.45. The number of esters is 1. The SMILES string of the molecule is CCC(C)C(=O)OC1C(O)C2CC(O)CC1N2C. The second-order valence-electron chi connectivity index (χ2n) is 5.63. The molecule has 0 aromatic heterocycles. The third kappa shape index (κ3) is 2.27. The van der Waals surface area contributed by atoms with Crippen LogP contribution in [-0.4, -0.2) is 58.5 Å². The van der Waals surface area contributed by atoms with E-state index >= 15 is 0 Å². The first kappa shape index (κ1) is 13.8. The van der Waals surface area contributed by atoms with Gasteiger partial charge in [-0.1, -0.05) is 13.8 Å². The van der Waals surface area contributed by atoms with Gasteiger partial charge in [0.15, 0.2) is 0 Å². The summed E-state index contributed by atoms with van der Waals surface area (Å²) in [6, 6.07) is -0.171. The molecule has 2 N–H and O–H groups in total. The fourth-order valence-corrected chi connectivity index (χ4v) is 2.99. The Hall–Kier alpha value is -0.650. The van der Waals surface area contributed by atoms with E-state index in [2.05, 4.69) is 0 Å². The van der Waals surface area contributed by atoms with Crippen molar-refractivity contribution in [2.45, 2.75) is 63.5 Å². The van der Waals surface area contributed by atoms with Gasteiger partial charge >= 0.3 is 5.97 Å². The Labute approximate surface area is 108 Å². The summed E-state index contributed by atoms with van der Waals surface area (Å²) in [5, 5.41) is 20.0. The highest BCUT2D eigenvalue weighted by Gasteiger charge is 2.52. The molecule has 0 aromatic rings. The lowest BCUT2D eigenvalue weighted by Crippen LogP contribution is -2.45. The van der Waals surface area contributed by atoms with Gasteiger partial charge in [-0.15, -0.1) is 0 Å². The summed E-state index contributed by atoms with van der Waals surface area (Å²) in [6.45, 7) is 3.76. The van der Waals surface area contributed by atoms with Crippen molar-refractivity contribution in [2.75, 3.05) is 7.05 Å². The van der Waals surface area contributed by atoms with E-state index in [9.17, 15) is 15.0 Å². The standard InChI is InChI=1S/C13H23NO4/c1-4-7(2)13(17)18-12-10-6-8(15)5-9(11(12)16)14(10)3/h7-12,15-16H,4-6H2,1-3H3. The minimum absolute atomic E-state index is 0.0678. The second kappa shape index (κ2) is 5.15. The lowest BCUT2D eigenvalue weighted by Gasteiger charge is -2.34. The van der Waals surface area contributed by atoms with Crippen molar-refractivity contribution in [1.82, 2.24) is 4.90 Å². The fraction of sp³-hybridized carbons (Fsp3) is 0.923. The number of ether oxygens (including phenoxy) is 1. The Bertz CT molecular complexity index is 322. The first-order chi connectivity index (χ1) is 8.45. The van der Waals surface area contributed by atoms with Crippen LogP contribution in [0.3, 0.4) is 0 Å². The Kier molecular flexibility index (Phi) is 3.94. The van der Waals surface area contributed by atoms with Gasteiger partial charge in [-0.25, -0.2) is 0 Å². The number of hydrogen-bond acceptors (Lipinski definition) is 5. The monoisotopic (exact) mass is 257 g/mol. The number of aliphatic hydroxyl groups excluding tert-OH is 2. The number of carbonyl (C=O) groups excluding carboxylic acids is 1. The number of likely N-dealkylation sites (N-methyl/N-ethyl adjacent to an activating group) is 1. The van der Waals surface area contributed by atoms with Crippen LogP contribution < -0.4 is 0 Å². The van der Waals surface area contributed by atoms with Crippen molar-refractivity contribution in [3.8, 4) is 0 Å². The lowest BCUT2D eigenvalue weighted by atomic mass is 10.0. The zero-order chi connectivity index (χ0) is 13.4. The summed E-state index contributed by atoms with van der Waals surface area (Å²) >= 11 is 0. The van der Waals surface area contributed by atoms with E-state index in [1.165, 1.54) is 0 Å². The molecular formula is C13H23NO4. The molecule has 0 aromatic carbocycles. The average molecular weight is 257 g/mol. The normalized spacial score (nSPS) is 41.7. The van der Waals surface area contributed by atoms with Crippen molar-refractivity contribution in [3.63, 3.8) is 0 Å². The number of aliphatic hydroxyl groups is 2. The predicted molar refractivity (Wildman–Crippen MR) is 65.9 cm³/mol. The molecule has 2 bridgehead atoms. The van der Waals surface area contributed by atoms with Crippen LogP contribution in [0.2, 0.25) is 0 Å². The van der Waals surface area contributed by atoms with Gasteiger partial charge in [0, 0.05) is 6.04 Å². The van der Waals surface area contributed by atoms with E-state index in [0.717, 1.165) is 6.42 Å². The molecule has 6 unspecified atom stereocenters. The maximum atomic E-state index is 11.8. The van der Waals surface area contributed by atoms with Gasteiger partial charge in [0.25, 0.3) is 0 Å². The van der Waals surface area contributed by atoms with Crippen molar-refractivity contribution in [3.05, 3.63) is 0 Å². The highest BCUT2D eigenvalue weighted by molar-refractivity contribution is 5.72. The van der Waals surface area contributed by atoms with Crippen LogP contribution in [0.4, 0.5) is 0 Å². The van der Waals surface area contributed by atoms with Crippen molar-refractivity contribution in [1.29, 1.82) is 0 Å². The Morgan fingerprint density at radius 2 is 2.00 bits per heavy atom. The summed E-state index contributed by atoms with van der Waals surface area (Å²) in [5.41, 5.74) is 0. The molecule has 2 rings (SSSR count). The quantitative estimate of drug-likeness (QED) is 0.704. The molecule has 18 heavy (non-hydrogen) atoms. The highest BCUT2D eigenvalue weighted by Crippen LogP contribution is 2.36. The molecule has 0 saturated carbocycles. The van der Waals surface area contributed by atoms with Gasteiger partial charge in [0.1, 0.15) is 12.2 Å². The van der Waals surface area contributed by atoms with Crippen LogP contribution >= 0.6 is 0 Å². The number of hydrogen-bond donors (Lipinski definition) is 2. The van der Waals surface area contributed by atoms with Gasteiger partial charge < -0.3 is 14.9 Å². The first-order valence-electron chi connectivity index (χ1n) is 6.74. The number of fused-ring (bicyclic) bond motifs is 2. The van der Waals surface area contributed by atoms with E-state index < -0.39 is 18.3 Å². The number of carbonyl (C=O) groups is 1. The van der Waals surface area contributed by atoms with Crippen molar-refractivity contribution >= 4 is 5.97 Å². The molecule has 2 saturated heterocycles. The first-order valence-corrected chi connectivity index (χ1v) is 6.74. The van der Waals surface area contributed by atoms with E-state index in [4.69, 9.17) is 4.74 Å². The second-order valence-corrected chi connectivity index (χ2v) is 5.63. The summed E-state index contributed by atoms with van der Waals surface area (Å²) in [5.74, 6) is -0.398. The summed E-state index contributed by atoms with van der Waals surface area (Å²) in [4.78, 5) is 13.9. The molecule has 2 heterocycles. The minimum atomic E-state index is -0.690. The molecule has 5 nitrogen and oxygen atoms in total. The summed E-state index contributed by atoms with van der Waals surface area (Å²) in [6.07, 6.45) is 0.240. The van der Waals surface area contributed by atoms with Gasteiger partial charge in [0.05, 0.1) is 18.1 Å².